The van der Waals surface area contributed by atoms with Gasteiger partial charge in [0.2, 0.25) is 0 Å². The predicted molar refractivity (Wildman–Crippen MR) is 128 cm³/mol. The number of benzene rings is 1. The van der Waals surface area contributed by atoms with Crippen LogP contribution in [0.1, 0.15) is 60.6 Å². The predicted octanol–water partition coefficient (Wildman–Crippen LogP) is 3.58. The first-order valence-corrected chi connectivity index (χ1v) is 11.8. The normalized spacial score (nSPS) is 25.6. The molecule has 4 rings (SSSR count). The molecule has 176 valence electrons. The van der Waals surface area contributed by atoms with Gasteiger partial charge in [-0.2, -0.15) is 0 Å². The molecule has 1 aliphatic heterocycles. The van der Waals surface area contributed by atoms with Crippen LogP contribution in [0, 0.1) is 0 Å². The highest BCUT2D eigenvalue weighted by molar-refractivity contribution is 5.76. The summed E-state index contributed by atoms with van der Waals surface area (Å²) in [6.45, 7) is 6.15. The van der Waals surface area contributed by atoms with Gasteiger partial charge in [-0.05, 0) is 57.7 Å². The highest BCUT2D eigenvalue weighted by Crippen LogP contribution is 2.37. The van der Waals surface area contributed by atoms with Gasteiger partial charge in [-0.15, -0.1) is 0 Å². The number of aliphatic hydroxyl groups excluding tert-OH is 4. The first kappa shape index (κ1) is 23.9. The van der Waals surface area contributed by atoms with E-state index in [4.69, 9.17) is 4.74 Å². The smallest absolute Gasteiger partial charge is 0.113 e. The minimum absolute atomic E-state index is 0.433. The molecule has 0 spiro atoms. The maximum Gasteiger partial charge on any atom is 0.113 e. The zero-order chi connectivity index (χ0) is 23.7. The van der Waals surface area contributed by atoms with Crippen LogP contribution in [0.25, 0.3) is 11.1 Å². The van der Waals surface area contributed by atoms with Crippen LogP contribution < -0.4 is 0 Å². The van der Waals surface area contributed by atoms with Gasteiger partial charge in [-0.25, -0.2) is 0 Å². The van der Waals surface area contributed by atoms with Crippen LogP contribution in [0.3, 0.4) is 0 Å². The molecule has 0 unspecified atom stereocenters. The summed E-state index contributed by atoms with van der Waals surface area (Å²) in [5.41, 5.74) is 8.21. The van der Waals surface area contributed by atoms with Crippen molar-refractivity contribution in [3.63, 3.8) is 0 Å². The van der Waals surface area contributed by atoms with Gasteiger partial charge in [-0.3, -0.25) is 0 Å². The van der Waals surface area contributed by atoms with Crippen molar-refractivity contribution in [3.05, 3.63) is 82.4 Å². The number of ether oxygens (including phenoxy) is 1. The van der Waals surface area contributed by atoms with Gasteiger partial charge in [0.15, 0.2) is 0 Å². The Morgan fingerprint density at radius 2 is 1.61 bits per heavy atom. The molecule has 3 aliphatic rings. The van der Waals surface area contributed by atoms with Crippen molar-refractivity contribution < 1.29 is 25.2 Å². The van der Waals surface area contributed by atoms with Crippen LogP contribution in [0.4, 0.5) is 0 Å². The Hall–Kier alpha value is -2.28. The second-order valence-electron chi connectivity index (χ2n) is 9.37. The summed E-state index contributed by atoms with van der Waals surface area (Å²) in [4.78, 5) is 0. The fourth-order valence-corrected chi connectivity index (χ4v) is 4.82. The standard InChI is InChI=1S/C28H34O5/c1-4-18-13-21(23-14-19(16(2)3)8-6-10-22(18)23)12-17-7-5-9-20(11-17)28-27(32)26(31)25(30)24(15-29)33-28/h5-11,13-14,16,24-32H,4,12,15H2,1-3H3/t24-,25-,26+,27-,28+/m1/s1. The van der Waals surface area contributed by atoms with E-state index in [1.165, 1.54) is 27.8 Å². The van der Waals surface area contributed by atoms with E-state index in [2.05, 4.69) is 51.1 Å². The molecule has 1 aromatic rings. The number of fused-ring (bicyclic) bond motifs is 1. The van der Waals surface area contributed by atoms with Crippen LogP contribution in [0.2, 0.25) is 0 Å². The Balaban J connectivity index is 1.67. The first-order chi connectivity index (χ1) is 15.8. The van der Waals surface area contributed by atoms with Gasteiger partial charge < -0.3 is 25.2 Å². The van der Waals surface area contributed by atoms with Crippen molar-refractivity contribution in [1.29, 1.82) is 0 Å². The molecule has 1 fully saturated rings. The molecule has 5 heteroatoms. The molecule has 5 atom stereocenters. The number of aryl methyl sites for hydroxylation is 1. The second-order valence-corrected chi connectivity index (χ2v) is 9.37. The van der Waals surface area contributed by atoms with E-state index in [0.29, 0.717) is 11.5 Å². The molecular formula is C28H34O5. The van der Waals surface area contributed by atoms with Gasteiger partial charge in [0.05, 0.1) is 6.61 Å². The summed E-state index contributed by atoms with van der Waals surface area (Å²) < 4.78 is 5.76. The minimum atomic E-state index is -1.38. The Morgan fingerprint density at radius 3 is 2.30 bits per heavy atom. The Bertz CT molecular complexity index is 1060. The lowest BCUT2D eigenvalue weighted by molar-refractivity contribution is -0.231. The Kier molecular flexibility index (Phi) is 7.17. The largest absolute Gasteiger partial charge is 0.394 e. The third-order valence-corrected chi connectivity index (χ3v) is 6.81. The fourth-order valence-electron chi connectivity index (χ4n) is 4.82. The van der Waals surface area contributed by atoms with Crippen molar-refractivity contribution >= 4 is 0 Å². The van der Waals surface area contributed by atoms with E-state index in [9.17, 15) is 20.4 Å². The van der Waals surface area contributed by atoms with Crippen LogP contribution in [-0.2, 0) is 17.6 Å². The average molecular weight is 451 g/mol. The fraction of sp³-hybridized carbons (Fsp3) is 0.429. The summed E-state index contributed by atoms with van der Waals surface area (Å²) in [6.07, 6.45) is -4.08. The van der Waals surface area contributed by atoms with Crippen molar-refractivity contribution in [2.24, 2.45) is 0 Å². The molecule has 2 aliphatic carbocycles. The van der Waals surface area contributed by atoms with E-state index < -0.39 is 37.1 Å². The summed E-state index contributed by atoms with van der Waals surface area (Å²) in [5.74, 6) is 0.433. The number of rotatable bonds is 6. The summed E-state index contributed by atoms with van der Waals surface area (Å²) >= 11 is 0. The third-order valence-electron chi connectivity index (χ3n) is 6.81. The van der Waals surface area contributed by atoms with Crippen molar-refractivity contribution in [2.75, 3.05) is 6.61 Å². The van der Waals surface area contributed by atoms with Crippen LogP contribution in [-0.4, -0.2) is 51.4 Å². The van der Waals surface area contributed by atoms with E-state index in [0.717, 1.165) is 18.4 Å². The molecule has 1 saturated heterocycles. The quantitative estimate of drug-likeness (QED) is 0.461. The molecular weight excluding hydrogens is 416 g/mol. The highest BCUT2D eigenvalue weighted by Gasteiger charge is 2.43. The summed E-state index contributed by atoms with van der Waals surface area (Å²) in [7, 11) is 0. The van der Waals surface area contributed by atoms with Crippen LogP contribution in [0.15, 0.2) is 54.6 Å². The van der Waals surface area contributed by atoms with E-state index in [-0.39, 0.29) is 0 Å². The molecule has 0 amide bonds. The van der Waals surface area contributed by atoms with E-state index >= 15 is 0 Å². The molecule has 5 nitrogen and oxygen atoms in total. The monoisotopic (exact) mass is 450 g/mol. The third kappa shape index (κ3) is 4.70. The Morgan fingerprint density at radius 1 is 0.848 bits per heavy atom. The van der Waals surface area contributed by atoms with Gasteiger partial charge in [0, 0.05) is 0 Å². The highest BCUT2D eigenvalue weighted by atomic mass is 16.5. The lowest BCUT2D eigenvalue weighted by atomic mass is 9.90. The van der Waals surface area contributed by atoms with Crippen LogP contribution in [0.5, 0.6) is 0 Å². The molecule has 33 heavy (non-hydrogen) atoms. The SMILES string of the molecule is CCc1cc(Cc2cccc([C@@H]3O[C@H](CO)[C@@H](O)[C@H](O)[C@H]3O)c2)c2cc(C(C)C)cccc1-2. The first-order valence-electron chi connectivity index (χ1n) is 11.8. The molecule has 1 heterocycles. The van der Waals surface area contributed by atoms with Gasteiger partial charge >= 0.3 is 0 Å². The number of aliphatic hydroxyl groups is 4. The zero-order valence-electron chi connectivity index (χ0n) is 19.5. The van der Waals surface area contributed by atoms with Crippen molar-refractivity contribution in [3.8, 4) is 11.1 Å². The average Bonchev–Trinajstić information content (AvgIpc) is 2.97. The van der Waals surface area contributed by atoms with Crippen molar-refractivity contribution in [2.45, 2.75) is 70.1 Å². The summed E-state index contributed by atoms with van der Waals surface area (Å²) in [5, 5.41) is 40.3. The van der Waals surface area contributed by atoms with Gasteiger partial charge in [0.25, 0.3) is 0 Å². The molecule has 0 bridgehead atoms. The molecule has 1 aromatic carbocycles. The Labute approximate surface area is 195 Å². The van der Waals surface area contributed by atoms with Gasteiger partial charge in [-0.1, -0.05) is 75.4 Å². The molecule has 0 saturated carbocycles. The maximum atomic E-state index is 10.5. The van der Waals surface area contributed by atoms with Crippen LogP contribution >= 0.6 is 0 Å². The molecule has 0 aromatic heterocycles. The minimum Gasteiger partial charge on any atom is -0.394 e. The summed E-state index contributed by atoms with van der Waals surface area (Å²) in [6, 6.07) is 18.9. The lowest BCUT2D eigenvalue weighted by Crippen LogP contribution is -2.55. The van der Waals surface area contributed by atoms with Gasteiger partial charge in [0.1, 0.15) is 30.5 Å². The van der Waals surface area contributed by atoms with E-state index in [1.807, 2.05) is 24.3 Å². The second kappa shape index (κ2) is 9.92. The van der Waals surface area contributed by atoms with E-state index in [1.54, 1.807) is 0 Å². The molecule has 4 N–H and O–H groups in total. The van der Waals surface area contributed by atoms with Crippen molar-refractivity contribution in [1.82, 2.24) is 0 Å². The number of hydrogen-bond donors (Lipinski definition) is 4. The topological polar surface area (TPSA) is 90.2 Å². The lowest BCUT2D eigenvalue weighted by Gasteiger charge is -2.40. The maximum absolute atomic E-state index is 10.5. The molecule has 0 radical (unpaired) electrons. The number of hydrogen-bond acceptors (Lipinski definition) is 5. The zero-order valence-corrected chi connectivity index (χ0v) is 19.5.